The summed E-state index contributed by atoms with van der Waals surface area (Å²) >= 11 is 0. The first-order chi connectivity index (χ1) is 21.6. The molecule has 1 aliphatic heterocycles. The highest BCUT2D eigenvalue weighted by Gasteiger charge is 2.39. The van der Waals surface area contributed by atoms with Crippen LogP contribution in [-0.2, 0) is 20.1 Å². The molecule has 8 nitrogen and oxygen atoms in total. The van der Waals surface area contributed by atoms with Crippen molar-refractivity contribution in [1.82, 2.24) is 14.7 Å². The van der Waals surface area contributed by atoms with Gasteiger partial charge < -0.3 is 10.6 Å². The predicted octanol–water partition coefficient (Wildman–Crippen LogP) is 7.89. The molecule has 0 spiro atoms. The Morgan fingerprint density at radius 2 is 1.76 bits per heavy atom. The molecule has 4 aromatic rings. The first-order valence-electron chi connectivity index (χ1n) is 15.8. The molecule has 238 valence electrons. The van der Waals surface area contributed by atoms with Crippen LogP contribution in [0.15, 0.2) is 75.9 Å². The monoisotopic (exact) mass is 650 g/mol. The molecule has 0 bridgehead atoms. The van der Waals surface area contributed by atoms with Crippen molar-refractivity contribution in [2.45, 2.75) is 88.4 Å². The molecule has 1 amide bonds. The fourth-order valence-corrected chi connectivity index (χ4v) is 10.9. The first-order valence-corrected chi connectivity index (χ1v) is 20.3. The lowest BCUT2D eigenvalue weighted by Gasteiger charge is -2.35. The Morgan fingerprint density at radius 1 is 1.02 bits per heavy atom. The van der Waals surface area contributed by atoms with Gasteiger partial charge in [0.2, 0.25) is 5.91 Å². The summed E-state index contributed by atoms with van der Waals surface area (Å²) in [6.45, 7) is 14.8. The number of hydrogen-bond acceptors (Lipinski definition) is 6. The summed E-state index contributed by atoms with van der Waals surface area (Å²) in [5.41, 5.74) is 3.49. The van der Waals surface area contributed by atoms with E-state index in [0.29, 0.717) is 16.4 Å². The van der Waals surface area contributed by atoms with E-state index in [1.54, 1.807) is 12.4 Å². The molecule has 2 aromatic heterocycles. The zero-order valence-corrected chi connectivity index (χ0v) is 29.4. The molecule has 0 unspecified atom stereocenters. The highest BCUT2D eigenvalue weighted by atomic mass is 32.2. The lowest BCUT2D eigenvalue weighted by atomic mass is 9.86. The molecule has 46 heavy (non-hydrogen) atoms. The number of fused-ring (bicyclic) bond motifs is 2. The summed E-state index contributed by atoms with van der Waals surface area (Å²) < 4.78 is 23.0. The molecular formula is C36H42N6O2SSi. The maximum atomic E-state index is 14.5. The maximum absolute atomic E-state index is 14.5. The minimum absolute atomic E-state index is 0.00873. The second-order valence-electron chi connectivity index (χ2n) is 14.4. The second-order valence-corrected chi connectivity index (χ2v) is 21.5. The smallest absolute Gasteiger partial charge is 0.234 e. The fraction of sp³-hybridized carbons (Fsp3) is 0.361. The van der Waals surface area contributed by atoms with Gasteiger partial charge in [-0.2, -0.15) is 0 Å². The predicted molar refractivity (Wildman–Crippen MR) is 190 cm³/mol. The third-order valence-corrected chi connectivity index (χ3v) is 17.6. The lowest BCUT2D eigenvalue weighted by molar-refractivity contribution is -0.119. The summed E-state index contributed by atoms with van der Waals surface area (Å²) in [6, 6.07) is 17.6. The van der Waals surface area contributed by atoms with Crippen molar-refractivity contribution in [1.29, 1.82) is 0 Å². The standard InChI is InChI=1S/C36H42N6O2SSi/c1-35(2,3)46(6,7)42-45(44,41-27-9-8-10-27)28-15-13-26(14-16-28)39-33-22-29-25(23-38-33)19-20-37-31(29)18-12-24-11-17-30-32(21-24)40-34(43)36(30,4)5/h11,13-17,19-23,27H,8-10H2,1-7H3,(H,38,39)(H,40,43)(H,41,42,44)/t45-/m1/s1. The topological polar surface area (TPSA) is 108 Å². The highest BCUT2D eigenvalue weighted by Crippen LogP contribution is 2.39. The van der Waals surface area contributed by atoms with Gasteiger partial charge in [0.25, 0.3) is 0 Å². The van der Waals surface area contributed by atoms with Gasteiger partial charge in [0.1, 0.15) is 21.4 Å². The number of nitrogens with zero attached hydrogens (tertiary/aromatic N) is 3. The highest BCUT2D eigenvalue weighted by molar-refractivity contribution is 7.92. The van der Waals surface area contributed by atoms with Crippen LogP contribution >= 0.6 is 0 Å². The molecule has 10 heteroatoms. The average molecular weight is 651 g/mol. The van der Waals surface area contributed by atoms with Crippen LogP contribution < -0.4 is 15.4 Å². The van der Waals surface area contributed by atoms with Gasteiger partial charge in [-0.05, 0) is 105 Å². The molecule has 1 saturated carbocycles. The number of rotatable bonds is 6. The minimum Gasteiger partial charge on any atom is -0.340 e. The maximum Gasteiger partial charge on any atom is 0.234 e. The number of nitrogens with one attached hydrogen (secondary N) is 3. The number of benzene rings is 2. The third kappa shape index (κ3) is 6.19. The molecule has 2 aliphatic rings. The molecule has 1 fully saturated rings. The van der Waals surface area contributed by atoms with Crippen molar-refractivity contribution in [2.24, 2.45) is 4.03 Å². The lowest BCUT2D eigenvalue weighted by Crippen LogP contribution is -2.43. The molecule has 0 radical (unpaired) electrons. The Labute approximate surface area is 273 Å². The van der Waals surface area contributed by atoms with Crippen LogP contribution in [0.4, 0.5) is 17.2 Å². The number of hydrogen-bond donors (Lipinski definition) is 3. The van der Waals surface area contributed by atoms with Gasteiger partial charge in [0, 0.05) is 46.1 Å². The van der Waals surface area contributed by atoms with Crippen molar-refractivity contribution < 1.29 is 9.00 Å². The van der Waals surface area contributed by atoms with E-state index in [0.717, 1.165) is 52.5 Å². The number of carbonyl (C=O) groups is 1. The normalized spacial score (nSPS) is 17.2. The fourth-order valence-electron chi connectivity index (χ4n) is 5.26. The van der Waals surface area contributed by atoms with Gasteiger partial charge >= 0.3 is 0 Å². The summed E-state index contributed by atoms with van der Waals surface area (Å²) in [6.07, 6.45) is 6.75. The van der Waals surface area contributed by atoms with Crippen LogP contribution in [0.1, 0.15) is 70.7 Å². The third-order valence-electron chi connectivity index (χ3n) is 9.55. The van der Waals surface area contributed by atoms with Gasteiger partial charge in [-0.15, -0.1) is 0 Å². The zero-order chi connectivity index (χ0) is 32.9. The van der Waals surface area contributed by atoms with E-state index in [4.69, 9.17) is 4.03 Å². The molecule has 3 N–H and O–H groups in total. The quantitative estimate of drug-likeness (QED) is 0.145. The Morgan fingerprint density at radius 3 is 2.43 bits per heavy atom. The largest absolute Gasteiger partial charge is 0.340 e. The Kier molecular flexibility index (Phi) is 8.08. The molecule has 1 atom stereocenters. The van der Waals surface area contributed by atoms with Gasteiger partial charge in [-0.3, -0.25) is 8.82 Å². The molecule has 6 rings (SSSR count). The van der Waals surface area contributed by atoms with E-state index >= 15 is 0 Å². The van der Waals surface area contributed by atoms with Crippen molar-refractivity contribution in [3.05, 3.63) is 83.8 Å². The summed E-state index contributed by atoms with van der Waals surface area (Å²) in [5, 5.41) is 8.14. The molecule has 0 saturated heterocycles. The van der Waals surface area contributed by atoms with E-state index in [1.807, 2.05) is 68.4 Å². The van der Waals surface area contributed by atoms with Gasteiger partial charge in [-0.25, -0.2) is 18.9 Å². The van der Waals surface area contributed by atoms with Crippen molar-refractivity contribution >= 4 is 52.0 Å². The van der Waals surface area contributed by atoms with E-state index in [9.17, 15) is 9.00 Å². The summed E-state index contributed by atoms with van der Waals surface area (Å²) in [7, 11) is -4.98. The van der Waals surface area contributed by atoms with Crippen molar-refractivity contribution in [3.8, 4) is 11.8 Å². The van der Waals surface area contributed by atoms with Crippen LogP contribution in [0.5, 0.6) is 0 Å². The van der Waals surface area contributed by atoms with Crippen LogP contribution in [0.3, 0.4) is 0 Å². The van der Waals surface area contributed by atoms with Crippen LogP contribution in [-0.4, -0.2) is 34.4 Å². The van der Waals surface area contributed by atoms with E-state index in [2.05, 4.69) is 71.0 Å². The number of amides is 1. The SMILES string of the molecule is CC1(C)C(=O)Nc2cc(C#Cc3nccc4cnc(Nc5ccc([S@](=O)(=N[Si](C)(C)C(C)(C)C)NC6CCC6)cc5)cc34)ccc21. The summed E-state index contributed by atoms with van der Waals surface area (Å²) in [5.74, 6) is 7.08. The number of aromatic nitrogens is 2. The van der Waals surface area contributed by atoms with Crippen LogP contribution in [0, 0.1) is 11.8 Å². The van der Waals surface area contributed by atoms with Gasteiger partial charge in [0.05, 0.1) is 10.3 Å². The Bertz CT molecular complexity index is 2030. The first kappa shape index (κ1) is 31.9. The number of pyridine rings is 2. The van der Waals surface area contributed by atoms with Crippen molar-refractivity contribution in [2.75, 3.05) is 10.6 Å². The molecule has 3 heterocycles. The number of anilines is 3. The molecule has 2 aromatic carbocycles. The van der Waals surface area contributed by atoms with Crippen LogP contribution in [0.25, 0.3) is 10.8 Å². The number of carbonyl (C=O) groups excluding carboxylic acids is 1. The van der Waals surface area contributed by atoms with Gasteiger partial charge in [0.15, 0.2) is 8.24 Å². The Balaban J connectivity index is 1.26. The van der Waals surface area contributed by atoms with E-state index in [-0.39, 0.29) is 17.0 Å². The van der Waals surface area contributed by atoms with Crippen molar-refractivity contribution in [3.63, 3.8) is 0 Å². The van der Waals surface area contributed by atoms with Crippen LogP contribution in [0.2, 0.25) is 18.1 Å². The zero-order valence-electron chi connectivity index (χ0n) is 27.6. The van der Waals surface area contributed by atoms with Gasteiger partial charge in [-0.1, -0.05) is 39.2 Å². The minimum atomic E-state index is -2.78. The molecular weight excluding hydrogens is 609 g/mol. The molecule has 1 aliphatic carbocycles. The summed E-state index contributed by atoms with van der Waals surface area (Å²) in [4.78, 5) is 22.2. The van der Waals surface area contributed by atoms with E-state index in [1.165, 1.54) is 0 Å². The van der Waals surface area contributed by atoms with E-state index < -0.39 is 23.6 Å². The second kappa shape index (κ2) is 11.6. The average Bonchev–Trinajstić information content (AvgIpc) is 3.20. The Hall–Kier alpha value is -4.04.